The molecule has 106 valence electrons. The highest BCUT2D eigenvalue weighted by Gasteiger charge is 2.23. The standard InChI is InChI=1S/C13H17BrFNO3/c1-3-5-11(13(17)18-4-2)19-12-9(14)6-8(15)7-10(12)16/h6-7,11H,3-5,16H2,1-2H3. The zero-order valence-electron chi connectivity index (χ0n) is 10.9. The van der Waals surface area contributed by atoms with Crippen LogP contribution in [0.15, 0.2) is 16.6 Å². The lowest BCUT2D eigenvalue weighted by Gasteiger charge is -2.19. The first-order valence-electron chi connectivity index (χ1n) is 6.07. The number of esters is 1. The number of hydrogen-bond donors (Lipinski definition) is 1. The van der Waals surface area contributed by atoms with Crippen molar-refractivity contribution in [3.05, 3.63) is 22.4 Å². The Bertz CT molecular complexity index is 431. The molecule has 1 aromatic carbocycles. The van der Waals surface area contributed by atoms with Crippen LogP contribution < -0.4 is 10.5 Å². The van der Waals surface area contributed by atoms with E-state index in [1.165, 1.54) is 6.07 Å². The lowest BCUT2D eigenvalue weighted by molar-refractivity contribution is -0.151. The highest BCUT2D eigenvalue weighted by atomic mass is 79.9. The van der Waals surface area contributed by atoms with E-state index in [-0.39, 0.29) is 18.0 Å². The molecule has 19 heavy (non-hydrogen) atoms. The summed E-state index contributed by atoms with van der Waals surface area (Å²) >= 11 is 3.17. The fraction of sp³-hybridized carbons (Fsp3) is 0.462. The summed E-state index contributed by atoms with van der Waals surface area (Å²) in [7, 11) is 0. The number of carbonyl (C=O) groups excluding carboxylic acids is 1. The molecule has 0 heterocycles. The van der Waals surface area contributed by atoms with Gasteiger partial charge >= 0.3 is 5.97 Å². The molecule has 0 amide bonds. The van der Waals surface area contributed by atoms with E-state index in [1.807, 2.05) is 6.92 Å². The minimum absolute atomic E-state index is 0.136. The molecule has 0 bridgehead atoms. The van der Waals surface area contributed by atoms with Gasteiger partial charge in [0.2, 0.25) is 0 Å². The van der Waals surface area contributed by atoms with Crippen LogP contribution in [-0.4, -0.2) is 18.7 Å². The van der Waals surface area contributed by atoms with Crippen molar-refractivity contribution in [2.75, 3.05) is 12.3 Å². The van der Waals surface area contributed by atoms with E-state index in [2.05, 4.69) is 15.9 Å². The molecule has 0 aliphatic rings. The molecule has 2 N–H and O–H groups in total. The molecule has 0 aromatic heterocycles. The van der Waals surface area contributed by atoms with E-state index >= 15 is 0 Å². The third-order valence-electron chi connectivity index (χ3n) is 2.40. The van der Waals surface area contributed by atoms with Gasteiger partial charge in [-0.2, -0.15) is 0 Å². The summed E-state index contributed by atoms with van der Waals surface area (Å²) in [6.07, 6.45) is 0.513. The Morgan fingerprint density at radius 1 is 1.47 bits per heavy atom. The lowest BCUT2D eigenvalue weighted by atomic mass is 10.2. The Kier molecular flexibility index (Phi) is 6.08. The molecule has 0 fully saturated rings. The molecule has 0 saturated carbocycles. The van der Waals surface area contributed by atoms with Gasteiger partial charge in [-0.05, 0) is 35.3 Å². The maximum Gasteiger partial charge on any atom is 0.347 e. The quantitative estimate of drug-likeness (QED) is 0.641. The number of nitrogen functional groups attached to an aromatic ring is 1. The van der Waals surface area contributed by atoms with E-state index in [9.17, 15) is 9.18 Å². The minimum Gasteiger partial charge on any atom is -0.475 e. The fourth-order valence-corrected chi connectivity index (χ4v) is 2.11. The van der Waals surface area contributed by atoms with Crippen LogP contribution in [0, 0.1) is 5.82 Å². The summed E-state index contributed by atoms with van der Waals surface area (Å²) in [6.45, 7) is 3.93. The SMILES string of the molecule is CCCC(Oc1c(N)cc(F)cc1Br)C(=O)OCC. The second kappa shape index (κ2) is 7.33. The second-order valence-corrected chi connectivity index (χ2v) is 4.81. The Balaban J connectivity index is 2.93. The normalized spacial score (nSPS) is 12.0. The van der Waals surface area contributed by atoms with Gasteiger partial charge in [0.25, 0.3) is 0 Å². The molecule has 0 spiro atoms. The first-order chi connectivity index (χ1) is 8.99. The van der Waals surface area contributed by atoms with E-state index in [1.54, 1.807) is 6.92 Å². The van der Waals surface area contributed by atoms with Crippen LogP contribution in [0.4, 0.5) is 10.1 Å². The van der Waals surface area contributed by atoms with Crippen molar-refractivity contribution in [1.29, 1.82) is 0 Å². The number of hydrogen-bond acceptors (Lipinski definition) is 4. The first kappa shape index (κ1) is 15.8. The van der Waals surface area contributed by atoms with Crippen LogP contribution >= 0.6 is 15.9 Å². The number of rotatable bonds is 6. The Morgan fingerprint density at radius 2 is 2.16 bits per heavy atom. The molecule has 1 unspecified atom stereocenters. The molecule has 0 radical (unpaired) electrons. The predicted molar refractivity (Wildman–Crippen MR) is 74.5 cm³/mol. The molecule has 6 heteroatoms. The third-order valence-corrected chi connectivity index (χ3v) is 2.99. The number of nitrogens with two attached hydrogens (primary N) is 1. The van der Waals surface area contributed by atoms with E-state index in [0.29, 0.717) is 10.9 Å². The second-order valence-electron chi connectivity index (χ2n) is 3.95. The summed E-state index contributed by atoms with van der Waals surface area (Å²) in [6, 6.07) is 2.38. The molecule has 1 aromatic rings. The predicted octanol–water partition coefficient (Wildman–Crippen LogP) is 3.28. The monoisotopic (exact) mass is 333 g/mol. The smallest absolute Gasteiger partial charge is 0.347 e. The van der Waals surface area contributed by atoms with Crippen molar-refractivity contribution in [3.63, 3.8) is 0 Å². The van der Waals surface area contributed by atoms with Crippen LogP contribution in [0.25, 0.3) is 0 Å². The van der Waals surface area contributed by atoms with Gasteiger partial charge in [0.05, 0.1) is 16.8 Å². The number of halogens is 2. The van der Waals surface area contributed by atoms with Crippen LogP contribution in [0.1, 0.15) is 26.7 Å². The number of benzene rings is 1. The Labute approximate surface area is 120 Å². The summed E-state index contributed by atoms with van der Waals surface area (Å²) in [5.74, 6) is -0.659. The molecule has 0 saturated heterocycles. The van der Waals surface area contributed by atoms with Crippen molar-refractivity contribution in [3.8, 4) is 5.75 Å². The van der Waals surface area contributed by atoms with Gasteiger partial charge in [-0.25, -0.2) is 9.18 Å². The van der Waals surface area contributed by atoms with Gasteiger partial charge in [0.1, 0.15) is 5.82 Å². The van der Waals surface area contributed by atoms with E-state index in [4.69, 9.17) is 15.2 Å². The molecule has 1 rings (SSSR count). The van der Waals surface area contributed by atoms with Crippen LogP contribution in [0.3, 0.4) is 0 Å². The van der Waals surface area contributed by atoms with Crippen molar-refractivity contribution in [1.82, 2.24) is 0 Å². The van der Waals surface area contributed by atoms with Crippen molar-refractivity contribution >= 4 is 27.6 Å². The molecule has 4 nitrogen and oxygen atoms in total. The molecule has 1 atom stereocenters. The van der Waals surface area contributed by atoms with Crippen molar-refractivity contribution in [2.24, 2.45) is 0 Å². The van der Waals surface area contributed by atoms with Gasteiger partial charge in [0.15, 0.2) is 11.9 Å². The Hall–Kier alpha value is -1.30. The molecular weight excluding hydrogens is 317 g/mol. The number of anilines is 1. The summed E-state index contributed by atoms with van der Waals surface area (Å²) < 4.78 is 24.0. The molecular formula is C13H17BrFNO3. The van der Waals surface area contributed by atoms with Crippen molar-refractivity contribution in [2.45, 2.75) is 32.8 Å². The molecule has 0 aliphatic heterocycles. The largest absolute Gasteiger partial charge is 0.475 e. The summed E-state index contributed by atoms with van der Waals surface area (Å²) in [5, 5.41) is 0. The van der Waals surface area contributed by atoms with Gasteiger partial charge in [-0.3, -0.25) is 0 Å². The third kappa shape index (κ3) is 4.38. The maximum absolute atomic E-state index is 13.1. The van der Waals surface area contributed by atoms with Gasteiger partial charge in [-0.1, -0.05) is 13.3 Å². The van der Waals surface area contributed by atoms with Gasteiger partial charge in [-0.15, -0.1) is 0 Å². The van der Waals surface area contributed by atoms with Crippen LogP contribution in [0.5, 0.6) is 5.75 Å². The van der Waals surface area contributed by atoms with Gasteiger partial charge in [0, 0.05) is 6.07 Å². The highest BCUT2D eigenvalue weighted by molar-refractivity contribution is 9.10. The zero-order chi connectivity index (χ0) is 14.4. The van der Waals surface area contributed by atoms with E-state index in [0.717, 1.165) is 12.5 Å². The number of ether oxygens (including phenoxy) is 2. The van der Waals surface area contributed by atoms with Crippen molar-refractivity contribution < 1.29 is 18.7 Å². The average Bonchev–Trinajstić information content (AvgIpc) is 2.32. The highest BCUT2D eigenvalue weighted by Crippen LogP contribution is 2.33. The first-order valence-corrected chi connectivity index (χ1v) is 6.86. The topological polar surface area (TPSA) is 61.5 Å². The molecule has 0 aliphatic carbocycles. The summed E-state index contributed by atoms with van der Waals surface area (Å²) in [4.78, 5) is 11.7. The van der Waals surface area contributed by atoms with Crippen LogP contribution in [0.2, 0.25) is 0 Å². The Morgan fingerprint density at radius 3 is 2.68 bits per heavy atom. The van der Waals surface area contributed by atoms with Gasteiger partial charge < -0.3 is 15.2 Å². The van der Waals surface area contributed by atoms with E-state index < -0.39 is 17.9 Å². The average molecular weight is 334 g/mol. The minimum atomic E-state index is -0.742. The zero-order valence-corrected chi connectivity index (χ0v) is 12.5. The summed E-state index contributed by atoms with van der Waals surface area (Å²) in [5.41, 5.74) is 5.83. The maximum atomic E-state index is 13.1. The fourth-order valence-electron chi connectivity index (χ4n) is 1.57. The lowest BCUT2D eigenvalue weighted by Crippen LogP contribution is -2.29. The number of carbonyl (C=O) groups is 1. The van der Waals surface area contributed by atoms with Crippen LogP contribution in [-0.2, 0) is 9.53 Å².